The summed E-state index contributed by atoms with van der Waals surface area (Å²) < 4.78 is 0. The van der Waals surface area contributed by atoms with Gasteiger partial charge in [-0.25, -0.2) is 0 Å². The van der Waals surface area contributed by atoms with Crippen molar-refractivity contribution in [1.82, 2.24) is 0 Å². The highest BCUT2D eigenvalue weighted by Crippen LogP contribution is 2.47. The summed E-state index contributed by atoms with van der Waals surface area (Å²) in [6, 6.07) is 8.84. The smallest absolute Gasteiger partial charge is 0.134 e. The van der Waals surface area contributed by atoms with Gasteiger partial charge in [0.1, 0.15) is 23.0 Å². The molecular formula is C23H24O4. The summed E-state index contributed by atoms with van der Waals surface area (Å²) in [6.07, 6.45) is 0. The van der Waals surface area contributed by atoms with Crippen molar-refractivity contribution in [2.24, 2.45) is 0 Å². The van der Waals surface area contributed by atoms with Crippen molar-refractivity contribution >= 4 is 0 Å². The quantitative estimate of drug-likeness (QED) is 0.492. The highest BCUT2D eigenvalue weighted by molar-refractivity contribution is 5.88. The predicted molar refractivity (Wildman–Crippen MR) is 108 cm³/mol. The molecule has 3 aromatic carbocycles. The van der Waals surface area contributed by atoms with E-state index in [1.165, 1.54) is 0 Å². The monoisotopic (exact) mass is 364 g/mol. The molecule has 0 heterocycles. The van der Waals surface area contributed by atoms with E-state index in [9.17, 15) is 20.4 Å². The van der Waals surface area contributed by atoms with E-state index in [0.29, 0.717) is 44.5 Å². The number of phenols is 4. The lowest BCUT2D eigenvalue weighted by Gasteiger charge is -2.17. The van der Waals surface area contributed by atoms with E-state index in [2.05, 4.69) is 0 Å². The lowest BCUT2D eigenvalue weighted by molar-refractivity contribution is 0.452. The van der Waals surface area contributed by atoms with Gasteiger partial charge in [-0.05, 0) is 104 Å². The van der Waals surface area contributed by atoms with Crippen molar-refractivity contribution in [3.8, 4) is 45.3 Å². The van der Waals surface area contributed by atoms with Gasteiger partial charge in [0.15, 0.2) is 0 Å². The van der Waals surface area contributed by atoms with Crippen LogP contribution >= 0.6 is 0 Å². The fraction of sp³-hybridized carbons (Fsp3) is 0.217. The van der Waals surface area contributed by atoms with Crippen molar-refractivity contribution in [2.45, 2.75) is 34.6 Å². The summed E-state index contributed by atoms with van der Waals surface area (Å²) in [7, 11) is 0. The molecule has 0 unspecified atom stereocenters. The molecule has 0 aliphatic carbocycles. The first-order valence-corrected chi connectivity index (χ1v) is 8.78. The van der Waals surface area contributed by atoms with Gasteiger partial charge in [0.25, 0.3) is 0 Å². The summed E-state index contributed by atoms with van der Waals surface area (Å²) in [6.45, 7) is 8.96. The molecule has 4 heteroatoms. The van der Waals surface area contributed by atoms with Gasteiger partial charge >= 0.3 is 0 Å². The molecular weight excluding hydrogens is 340 g/mol. The molecule has 3 rings (SSSR count). The van der Waals surface area contributed by atoms with E-state index >= 15 is 0 Å². The van der Waals surface area contributed by atoms with Crippen LogP contribution in [0.5, 0.6) is 23.0 Å². The van der Waals surface area contributed by atoms with Gasteiger partial charge in [-0.3, -0.25) is 0 Å². The molecule has 0 amide bonds. The van der Waals surface area contributed by atoms with Crippen molar-refractivity contribution in [3.63, 3.8) is 0 Å². The average Bonchev–Trinajstić information content (AvgIpc) is 2.60. The first kappa shape index (κ1) is 18.6. The maximum Gasteiger partial charge on any atom is 0.134 e. The van der Waals surface area contributed by atoms with Crippen LogP contribution in [0.3, 0.4) is 0 Å². The Labute approximate surface area is 159 Å². The van der Waals surface area contributed by atoms with Crippen LogP contribution in [0.2, 0.25) is 0 Å². The molecule has 0 aliphatic rings. The Morgan fingerprint density at radius 2 is 0.815 bits per heavy atom. The Bertz CT molecular complexity index is 1020. The largest absolute Gasteiger partial charge is 0.507 e. The standard InChI is InChI=1S/C23H24O4/c1-11-6-16(7-12(2)20(11)24)18-10-15(5)22(26)19(23(18)27)17-8-13(3)21(25)14(4)9-17/h6-10,24-27H,1-5H3. The molecule has 140 valence electrons. The molecule has 4 nitrogen and oxygen atoms in total. The van der Waals surface area contributed by atoms with Gasteiger partial charge in [-0.15, -0.1) is 0 Å². The summed E-state index contributed by atoms with van der Waals surface area (Å²) in [5.41, 5.74) is 5.71. The molecule has 0 aromatic heterocycles. The lowest BCUT2D eigenvalue weighted by Crippen LogP contribution is -1.92. The fourth-order valence-electron chi connectivity index (χ4n) is 3.50. The number of hydrogen-bond donors (Lipinski definition) is 4. The fourth-order valence-corrected chi connectivity index (χ4v) is 3.50. The third-order valence-corrected chi connectivity index (χ3v) is 5.04. The van der Waals surface area contributed by atoms with Gasteiger partial charge in [0.2, 0.25) is 0 Å². The second kappa shape index (κ2) is 6.54. The zero-order chi connectivity index (χ0) is 20.0. The number of aromatic hydroxyl groups is 4. The van der Waals surface area contributed by atoms with Crippen LogP contribution in [0.1, 0.15) is 27.8 Å². The van der Waals surface area contributed by atoms with Gasteiger partial charge in [0, 0.05) is 5.56 Å². The second-order valence-corrected chi connectivity index (χ2v) is 7.23. The first-order valence-electron chi connectivity index (χ1n) is 8.78. The Hall–Kier alpha value is -3.14. The average molecular weight is 364 g/mol. The third kappa shape index (κ3) is 3.08. The van der Waals surface area contributed by atoms with Crippen LogP contribution in [-0.4, -0.2) is 20.4 Å². The summed E-state index contributed by atoms with van der Waals surface area (Å²) in [5.74, 6) is 0.411. The maximum atomic E-state index is 11.0. The van der Waals surface area contributed by atoms with E-state index in [1.54, 1.807) is 39.0 Å². The Balaban J connectivity index is 2.32. The van der Waals surface area contributed by atoms with E-state index in [-0.39, 0.29) is 23.0 Å². The molecule has 3 aromatic rings. The highest BCUT2D eigenvalue weighted by atomic mass is 16.3. The first-order chi connectivity index (χ1) is 12.6. The maximum absolute atomic E-state index is 11.0. The molecule has 0 spiro atoms. The van der Waals surface area contributed by atoms with E-state index in [1.807, 2.05) is 26.0 Å². The van der Waals surface area contributed by atoms with E-state index in [0.717, 1.165) is 5.56 Å². The third-order valence-electron chi connectivity index (χ3n) is 5.04. The van der Waals surface area contributed by atoms with Crippen molar-refractivity contribution in [1.29, 1.82) is 0 Å². The van der Waals surface area contributed by atoms with Gasteiger partial charge in [0.05, 0.1) is 5.56 Å². The Morgan fingerprint density at radius 1 is 0.444 bits per heavy atom. The predicted octanol–water partition coefficient (Wildman–Crippen LogP) is 5.39. The molecule has 0 radical (unpaired) electrons. The van der Waals surface area contributed by atoms with Crippen LogP contribution in [0.25, 0.3) is 22.3 Å². The summed E-state index contributed by atoms with van der Waals surface area (Å²) in [5, 5.41) is 41.7. The van der Waals surface area contributed by atoms with Crippen LogP contribution in [0.4, 0.5) is 0 Å². The van der Waals surface area contributed by atoms with Gasteiger partial charge in [-0.2, -0.15) is 0 Å². The normalized spacial score (nSPS) is 11.0. The lowest BCUT2D eigenvalue weighted by atomic mass is 9.91. The Kier molecular flexibility index (Phi) is 4.52. The number of rotatable bonds is 2. The van der Waals surface area contributed by atoms with Crippen molar-refractivity contribution in [3.05, 3.63) is 58.1 Å². The molecule has 0 aliphatic heterocycles. The van der Waals surface area contributed by atoms with Crippen LogP contribution in [0, 0.1) is 34.6 Å². The van der Waals surface area contributed by atoms with Gasteiger partial charge in [-0.1, -0.05) is 0 Å². The number of hydrogen-bond acceptors (Lipinski definition) is 4. The molecule has 0 bridgehead atoms. The number of phenolic OH excluding ortho intramolecular Hbond substituents is 4. The minimum Gasteiger partial charge on any atom is -0.507 e. The van der Waals surface area contributed by atoms with Crippen LogP contribution < -0.4 is 0 Å². The highest BCUT2D eigenvalue weighted by Gasteiger charge is 2.20. The second-order valence-electron chi connectivity index (χ2n) is 7.23. The van der Waals surface area contributed by atoms with Crippen molar-refractivity contribution in [2.75, 3.05) is 0 Å². The van der Waals surface area contributed by atoms with E-state index < -0.39 is 0 Å². The molecule has 4 N–H and O–H groups in total. The summed E-state index contributed by atoms with van der Waals surface area (Å²) in [4.78, 5) is 0. The SMILES string of the molecule is Cc1cc(-c2cc(C)c(O)c(-c3cc(C)c(O)c(C)c3)c2O)cc(C)c1O. The topological polar surface area (TPSA) is 80.9 Å². The minimum absolute atomic E-state index is 0.00737. The van der Waals surface area contributed by atoms with Crippen LogP contribution in [-0.2, 0) is 0 Å². The number of benzene rings is 3. The zero-order valence-corrected chi connectivity index (χ0v) is 16.2. The van der Waals surface area contributed by atoms with Crippen LogP contribution in [0.15, 0.2) is 30.3 Å². The minimum atomic E-state index is -0.0351. The molecule has 0 saturated heterocycles. The van der Waals surface area contributed by atoms with Crippen molar-refractivity contribution < 1.29 is 20.4 Å². The van der Waals surface area contributed by atoms with Gasteiger partial charge < -0.3 is 20.4 Å². The number of aryl methyl sites for hydroxylation is 5. The summed E-state index contributed by atoms with van der Waals surface area (Å²) >= 11 is 0. The molecule has 0 saturated carbocycles. The van der Waals surface area contributed by atoms with E-state index in [4.69, 9.17) is 0 Å². The molecule has 0 fully saturated rings. The molecule has 0 atom stereocenters. The molecule has 27 heavy (non-hydrogen) atoms. The zero-order valence-electron chi connectivity index (χ0n) is 16.2. The Morgan fingerprint density at radius 3 is 1.26 bits per heavy atom.